The van der Waals surface area contributed by atoms with Crippen molar-refractivity contribution < 1.29 is 13.9 Å². The zero-order chi connectivity index (χ0) is 15.5. The lowest BCUT2D eigenvalue weighted by molar-refractivity contribution is 0.122. The molecular weight excluding hydrogens is 316 g/mol. The van der Waals surface area contributed by atoms with Crippen molar-refractivity contribution in [1.29, 1.82) is 0 Å². The average Bonchev–Trinajstić information content (AvgIpc) is 3.01. The van der Waals surface area contributed by atoms with Crippen molar-refractivity contribution in [2.75, 3.05) is 38.3 Å². The topological polar surface area (TPSA) is 60.9 Å². The Morgan fingerprint density at radius 3 is 2.52 bits per heavy atom. The number of hydrogen-bond donors (Lipinski definition) is 1. The molecule has 5 nitrogen and oxygen atoms in total. The molecule has 0 amide bonds. The molecule has 1 aliphatic heterocycles. The predicted molar refractivity (Wildman–Crippen MR) is 92.7 cm³/mol. The molecule has 0 bridgehead atoms. The second-order valence-electron chi connectivity index (χ2n) is 5.45. The van der Waals surface area contributed by atoms with E-state index in [1.54, 1.807) is 7.11 Å². The lowest BCUT2D eigenvalue weighted by atomic mass is 10.0. The summed E-state index contributed by atoms with van der Waals surface area (Å²) >= 11 is 0. The van der Waals surface area contributed by atoms with Gasteiger partial charge in [0.1, 0.15) is 17.3 Å². The van der Waals surface area contributed by atoms with Crippen LogP contribution in [0.5, 0.6) is 5.75 Å². The third-order valence-corrected chi connectivity index (χ3v) is 3.99. The molecule has 1 aliphatic rings. The Morgan fingerprint density at radius 1 is 1.17 bits per heavy atom. The second kappa shape index (κ2) is 7.73. The van der Waals surface area contributed by atoms with Crippen LogP contribution >= 0.6 is 12.4 Å². The third kappa shape index (κ3) is 3.80. The highest BCUT2D eigenvalue weighted by molar-refractivity contribution is 5.85. The summed E-state index contributed by atoms with van der Waals surface area (Å²) in [6.07, 6.45) is 0. The van der Waals surface area contributed by atoms with Crippen molar-refractivity contribution in [2.24, 2.45) is 5.73 Å². The minimum absolute atomic E-state index is 0. The Morgan fingerprint density at radius 2 is 1.91 bits per heavy atom. The Labute approximate surface area is 142 Å². The smallest absolute Gasteiger partial charge is 0.125 e. The van der Waals surface area contributed by atoms with Gasteiger partial charge in [0.2, 0.25) is 0 Å². The van der Waals surface area contributed by atoms with E-state index in [9.17, 15) is 0 Å². The standard InChI is InChI=1S/C17H22N2O3.ClH/c1-12-3-6-16(22-12)17(18)14-5-4-13(20-2)11-15(14)19-7-9-21-10-8-19;/h3-6,11,17H,7-10,18H2,1-2H3;1H. The van der Waals surface area contributed by atoms with Crippen LogP contribution in [0.25, 0.3) is 0 Å². The van der Waals surface area contributed by atoms with Crippen LogP contribution in [0.2, 0.25) is 0 Å². The van der Waals surface area contributed by atoms with Gasteiger partial charge in [-0.3, -0.25) is 0 Å². The van der Waals surface area contributed by atoms with E-state index in [-0.39, 0.29) is 18.4 Å². The average molecular weight is 339 g/mol. The molecule has 3 rings (SSSR count). The number of halogens is 1. The van der Waals surface area contributed by atoms with Gasteiger partial charge in [-0.25, -0.2) is 0 Å². The van der Waals surface area contributed by atoms with Gasteiger partial charge in [0.05, 0.1) is 26.4 Å². The molecular formula is C17H23ClN2O3. The number of aryl methyl sites for hydroxylation is 1. The molecule has 1 fully saturated rings. The van der Waals surface area contributed by atoms with Gasteiger partial charge in [0.15, 0.2) is 0 Å². The van der Waals surface area contributed by atoms with Gasteiger partial charge in [0, 0.05) is 30.4 Å². The Bertz CT molecular complexity index is 639. The van der Waals surface area contributed by atoms with Crippen LogP contribution in [0.1, 0.15) is 23.1 Å². The first-order valence-electron chi connectivity index (χ1n) is 7.51. The van der Waals surface area contributed by atoms with E-state index >= 15 is 0 Å². The molecule has 0 spiro atoms. The number of nitrogens with two attached hydrogens (primary N) is 1. The van der Waals surface area contributed by atoms with Gasteiger partial charge in [-0.1, -0.05) is 6.07 Å². The quantitative estimate of drug-likeness (QED) is 0.928. The first-order valence-corrected chi connectivity index (χ1v) is 7.51. The molecule has 0 radical (unpaired) electrons. The molecule has 1 saturated heterocycles. The number of benzene rings is 1. The van der Waals surface area contributed by atoms with Crippen molar-refractivity contribution >= 4 is 18.1 Å². The zero-order valence-electron chi connectivity index (χ0n) is 13.5. The number of rotatable bonds is 4. The summed E-state index contributed by atoms with van der Waals surface area (Å²) in [6, 6.07) is 9.58. The predicted octanol–water partition coefficient (Wildman–Crippen LogP) is 2.90. The molecule has 2 aromatic rings. The lowest BCUT2D eigenvalue weighted by Gasteiger charge is -2.31. The molecule has 1 aromatic carbocycles. The normalized spacial score (nSPS) is 15.9. The highest BCUT2D eigenvalue weighted by Gasteiger charge is 2.22. The van der Waals surface area contributed by atoms with Gasteiger partial charge in [-0.15, -0.1) is 12.4 Å². The largest absolute Gasteiger partial charge is 0.497 e. The van der Waals surface area contributed by atoms with Gasteiger partial charge < -0.3 is 24.5 Å². The van der Waals surface area contributed by atoms with Crippen LogP contribution in [-0.2, 0) is 4.74 Å². The molecule has 2 N–H and O–H groups in total. The number of morpholine rings is 1. The SMILES string of the molecule is COc1ccc(C(N)c2ccc(C)o2)c(N2CCOCC2)c1.Cl. The van der Waals surface area contributed by atoms with Crippen molar-refractivity contribution in [3.63, 3.8) is 0 Å². The van der Waals surface area contributed by atoms with Crippen LogP contribution in [0.15, 0.2) is 34.7 Å². The van der Waals surface area contributed by atoms with Crippen LogP contribution in [-0.4, -0.2) is 33.4 Å². The molecule has 0 aliphatic carbocycles. The van der Waals surface area contributed by atoms with Crippen LogP contribution < -0.4 is 15.4 Å². The first kappa shape index (κ1) is 17.7. The molecule has 23 heavy (non-hydrogen) atoms. The number of anilines is 1. The Kier molecular flexibility index (Phi) is 5.93. The van der Waals surface area contributed by atoms with E-state index in [0.29, 0.717) is 0 Å². The zero-order valence-corrected chi connectivity index (χ0v) is 14.3. The van der Waals surface area contributed by atoms with E-state index < -0.39 is 0 Å². The molecule has 1 aromatic heterocycles. The summed E-state index contributed by atoms with van der Waals surface area (Å²) < 4.78 is 16.5. The molecule has 0 saturated carbocycles. The van der Waals surface area contributed by atoms with E-state index in [1.807, 2.05) is 37.3 Å². The van der Waals surface area contributed by atoms with Gasteiger partial charge in [0.25, 0.3) is 0 Å². The maximum atomic E-state index is 6.44. The number of ether oxygens (including phenoxy) is 2. The number of hydrogen-bond acceptors (Lipinski definition) is 5. The minimum Gasteiger partial charge on any atom is -0.497 e. The summed E-state index contributed by atoms with van der Waals surface area (Å²) in [4.78, 5) is 2.29. The van der Waals surface area contributed by atoms with E-state index in [4.69, 9.17) is 19.6 Å². The van der Waals surface area contributed by atoms with Crippen molar-refractivity contribution in [2.45, 2.75) is 13.0 Å². The van der Waals surface area contributed by atoms with E-state index in [0.717, 1.165) is 54.8 Å². The number of furan rings is 1. The second-order valence-corrected chi connectivity index (χ2v) is 5.45. The maximum Gasteiger partial charge on any atom is 0.125 e. The summed E-state index contributed by atoms with van der Waals surface area (Å²) in [5.41, 5.74) is 8.56. The molecule has 2 heterocycles. The third-order valence-electron chi connectivity index (χ3n) is 3.99. The fourth-order valence-electron chi connectivity index (χ4n) is 2.77. The fourth-order valence-corrected chi connectivity index (χ4v) is 2.77. The highest BCUT2D eigenvalue weighted by Crippen LogP contribution is 2.33. The molecule has 126 valence electrons. The van der Waals surface area contributed by atoms with Crippen LogP contribution in [0.4, 0.5) is 5.69 Å². The van der Waals surface area contributed by atoms with Crippen molar-refractivity contribution in [1.82, 2.24) is 0 Å². The van der Waals surface area contributed by atoms with Crippen molar-refractivity contribution in [3.8, 4) is 5.75 Å². The van der Waals surface area contributed by atoms with Crippen molar-refractivity contribution in [3.05, 3.63) is 47.4 Å². The first-order chi connectivity index (χ1) is 10.7. The van der Waals surface area contributed by atoms with Gasteiger partial charge in [-0.2, -0.15) is 0 Å². The van der Waals surface area contributed by atoms with Crippen LogP contribution in [0, 0.1) is 6.92 Å². The monoisotopic (exact) mass is 338 g/mol. The summed E-state index contributed by atoms with van der Waals surface area (Å²) in [5.74, 6) is 2.47. The maximum absolute atomic E-state index is 6.44. The molecule has 1 unspecified atom stereocenters. The molecule has 6 heteroatoms. The minimum atomic E-state index is -0.294. The lowest BCUT2D eigenvalue weighted by Crippen LogP contribution is -2.37. The Hall–Kier alpha value is -1.69. The van der Waals surface area contributed by atoms with E-state index in [2.05, 4.69) is 4.90 Å². The van der Waals surface area contributed by atoms with Crippen LogP contribution in [0.3, 0.4) is 0 Å². The number of nitrogens with zero attached hydrogens (tertiary/aromatic N) is 1. The van der Waals surface area contributed by atoms with E-state index in [1.165, 1.54) is 0 Å². The highest BCUT2D eigenvalue weighted by atomic mass is 35.5. The Balaban J connectivity index is 0.00000192. The van der Waals surface area contributed by atoms with Gasteiger partial charge >= 0.3 is 0 Å². The summed E-state index contributed by atoms with van der Waals surface area (Å²) in [6.45, 7) is 5.08. The molecule has 1 atom stereocenters. The number of methoxy groups -OCH3 is 1. The summed E-state index contributed by atoms with van der Waals surface area (Å²) in [7, 11) is 1.67. The fraction of sp³-hybridized carbons (Fsp3) is 0.412. The van der Waals surface area contributed by atoms with Gasteiger partial charge in [-0.05, 0) is 25.1 Å². The summed E-state index contributed by atoms with van der Waals surface area (Å²) in [5, 5.41) is 0.